The molecule has 0 bridgehead atoms. The van der Waals surface area contributed by atoms with Crippen LogP contribution in [0.4, 0.5) is 0 Å². The van der Waals surface area contributed by atoms with Gasteiger partial charge < -0.3 is 9.64 Å². The number of carbonyl (C=O) groups is 1. The molecule has 4 nitrogen and oxygen atoms in total. The van der Waals surface area contributed by atoms with Crippen LogP contribution in [-0.4, -0.2) is 40.7 Å². The molecule has 0 radical (unpaired) electrons. The first-order valence-corrected chi connectivity index (χ1v) is 10.7. The Labute approximate surface area is 169 Å². The maximum Gasteiger partial charge on any atom is 0.223 e. The zero-order valence-corrected chi connectivity index (χ0v) is 16.6. The second-order valence-electron chi connectivity index (χ2n) is 6.94. The number of likely N-dealkylation sites (tertiary alicyclic amines) is 1. The molecule has 0 atom stereocenters. The fourth-order valence-electron chi connectivity index (χ4n) is 3.50. The van der Waals surface area contributed by atoms with Crippen molar-refractivity contribution in [2.75, 3.05) is 18.8 Å². The van der Waals surface area contributed by atoms with Gasteiger partial charge >= 0.3 is 0 Å². The summed E-state index contributed by atoms with van der Waals surface area (Å²) < 4.78 is 6.23. The fourth-order valence-corrected chi connectivity index (χ4v) is 4.37. The molecule has 4 rings (SSSR count). The van der Waals surface area contributed by atoms with Gasteiger partial charge in [0.15, 0.2) is 0 Å². The summed E-state index contributed by atoms with van der Waals surface area (Å²) in [6, 6.07) is 20.2. The van der Waals surface area contributed by atoms with Crippen LogP contribution in [0.1, 0.15) is 19.3 Å². The minimum atomic E-state index is 0.135. The molecule has 28 heavy (non-hydrogen) atoms. The largest absolute Gasteiger partial charge is 0.488 e. The van der Waals surface area contributed by atoms with E-state index in [1.54, 1.807) is 18.0 Å². The van der Waals surface area contributed by atoms with E-state index in [1.807, 2.05) is 53.4 Å². The zero-order chi connectivity index (χ0) is 19.2. The summed E-state index contributed by atoms with van der Waals surface area (Å²) in [4.78, 5) is 20.1. The molecule has 3 aromatic rings. The quantitative estimate of drug-likeness (QED) is 0.566. The first-order valence-electron chi connectivity index (χ1n) is 9.75. The van der Waals surface area contributed by atoms with E-state index >= 15 is 0 Å². The fraction of sp³-hybridized carbons (Fsp3) is 0.304. The topological polar surface area (TPSA) is 42.4 Å². The number of hydrogen-bond acceptors (Lipinski definition) is 4. The summed E-state index contributed by atoms with van der Waals surface area (Å²) in [5, 5.41) is 1.09. The van der Waals surface area contributed by atoms with Crippen molar-refractivity contribution in [1.29, 1.82) is 0 Å². The number of thioether (sulfide) groups is 1. The van der Waals surface area contributed by atoms with Crippen LogP contribution in [0.15, 0.2) is 71.8 Å². The third-order valence-corrected chi connectivity index (χ3v) is 6.03. The second-order valence-corrected chi connectivity index (χ2v) is 8.11. The summed E-state index contributed by atoms with van der Waals surface area (Å²) in [5.41, 5.74) is 0.904. The molecule has 1 aliphatic heterocycles. The lowest BCUT2D eigenvalue weighted by Crippen LogP contribution is -2.41. The van der Waals surface area contributed by atoms with E-state index in [-0.39, 0.29) is 12.0 Å². The second kappa shape index (κ2) is 9.11. The number of ether oxygens (including phenoxy) is 1. The number of carbonyl (C=O) groups excluding carboxylic acids is 1. The third kappa shape index (κ3) is 4.65. The van der Waals surface area contributed by atoms with Gasteiger partial charge in [0, 0.05) is 54.6 Å². The molecule has 5 heteroatoms. The summed E-state index contributed by atoms with van der Waals surface area (Å²) in [5.74, 6) is 1.90. The molecule has 2 heterocycles. The molecular weight excluding hydrogens is 368 g/mol. The van der Waals surface area contributed by atoms with E-state index in [0.717, 1.165) is 48.3 Å². The van der Waals surface area contributed by atoms with Gasteiger partial charge in [0.1, 0.15) is 17.4 Å². The van der Waals surface area contributed by atoms with Gasteiger partial charge in [-0.15, -0.1) is 11.8 Å². The van der Waals surface area contributed by atoms with Crippen LogP contribution < -0.4 is 4.74 Å². The van der Waals surface area contributed by atoms with Gasteiger partial charge in [0.2, 0.25) is 5.91 Å². The number of fused-ring (bicyclic) bond motifs is 1. The SMILES string of the molecule is O=C(CCSc1ccccc1)N1CCC(Oc2cccc3cccnc23)CC1. The number of nitrogens with zero attached hydrogens (tertiary/aromatic N) is 2. The Bertz CT molecular complexity index is 919. The Morgan fingerprint density at radius 2 is 1.82 bits per heavy atom. The van der Waals surface area contributed by atoms with Crippen molar-refractivity contribution < 1.29 is 9.53 Å². The van der Waals surface area contributed by atoms with Crippen LogP contribution in [0.25, 0.3) is 10.9 Å². The van der Waals surface area contributed by atoms with E-state index in [9.17, 15) is 4.79 Å². The highest BCUT2D eigenvalue weighted by Crippen LogP contribution is 2.26. The number of aromatic nitrogens is 1. The van der Waals surface area contributed by atoms with Gasteiger partial charge in [-0.2, -0.15) is 0 Å². The molecule has 144 valence electrons. The van der Waals surface area contributed by atoms with E-state index < -0.39 is 0 Å². The Morgan fingerprint density at radius 1 is 1.04 bits per heavy atom. The summed E-state index contributed by atoms with van der Waals surface area (Å²) in [6.07, 6.45) is 4.24. The maximum absolute atomic E-state index is 12.5. The molecule has 1 saturated heterocycles. The number of benzene rings is 2. The first kappa shape index (κ1) is 18.8. The molecule has 1 aliphatic rings. The molecule has 0 aliphatic carbocycles. The average molecular weight is 393 g/mol. The molecule has 2 aromatic carbocycles. The van der Waals surface area contributed by atoms with Crippen LogP contribution in [0.5, 0.6) is 5.75 Å². The van der Waals surface area contributed by atoms with Crippen molar-refractivity contribution in [3.05, 3.63) is 66.9 Å². The van der Waals surface area contributed by atoms with Crippen LogP contribution in [0.3, 0.4) is 0 Å². The molecule has 1 fully saturated rings. The minimum absolute atomic E-state index is 0.135. The van der Waals surface area contributed by atoms with Crippen molar-refractivity contribution in [2.45, 2.75) is 30.3 Å². The Kier molecular flexibility index (Phi) is 6.12. The predicted molar refractivity (Wildman–Crippen MR) is 114 cm³/mol. The van der Waals surface area contributed by atoms with Crippen molar-refractivity contribution in [2.24, 2.45) is 0 Å². The molecule has 1 amide bonds. The van der Waals surface area contributed by atoms with E-state index in [1.165, 1.54) is 4.90 Å². The number of hydrogen-bond donors (Lipinski definition) is 0. The molecule has 0 unspecified atom stereocenters. The van der Waals surface area contributed by atoms with Crippen LogP contribution >= 0.6 is 11.8 Å². The van der Waals surface area contributed by atoms with E-state index in [4.69, 9.17) is 4.74 Å². The van der Waals surface area contributed by atoms with E-state index in [2.05, 4.69) is 17.1 Å². The van der Waals surface area contributed by atoms with Crippen molar-refractivity contribution >= 4 is 28.6 Å². The van der Waals surface area contributed by atoms with Crippen LogP contribution in [-0.2, 0) is 4.79 Å². The normalized spacial score (nSPS) is 14.9. The van der Waals surface area contributed by atoms with Gasteiger partial charge in [0.25, 0.3) is 0 Å². The van der Waals surface area contributed by atoms with Crippen molar-refractivity contribution in [3.63, 3.8) is 0 Å². The number of pyridine rings is 1. The highest BCUT2D eigenvalue weighted by Gasteiger charge is 2.24. The van der Waals surface area contributed by atoms with Gasteiger partial charge in [-0.25, -0.2) is 0 Å². The Morgan fingerprint density at radius 3 is 2.64 bits per heavy atom. The molecule has 0 N–H and O–H groups in total. The van der Waals surface area contributed by atoms with Gasteiger partial charge in [-0.05, 0) is 24.3 Å². The number of para-hydroxylation sites is 1. The lowest BCUT2D eigenvalue weighted by Gasteiger charge is -2.32. The molecule has 0 spiro atoms. The highest BCUT2D eigenvalue weighted by molar-refractivity contribution is 7.99. The predicted octanol–water partition coefficient (Wildman–Crippen LogP) is 4.79. The number of rotatable bonds is 6. The molecular formula is C23H24N2O2S. The van der Waals surface area contributed by atoms with Gasteiger partial charge in [0.05, 0.1) is 0 Å². The number of piperidine rings is 1. The maximum atomic E-state index is 12.5. The lowest BCUT2D eigenvalue weighted by molar-refractivity contribution is -0.132. The van der Waals surface area contributed by atoms with Gasteiger partial charge in [-0.3, -0.25) is 9.78 Å². The smallest absolute Gasteiger partial charge is 0.223 e. The van der Waals surface area contributed by atoms with Crippen molar-refractivity contribution in [3.8, 4) is 5.75 Å². The Balaban J connectivity index is 1.25. The summed E-state index contributed by atoms with van der Waals surface area (Å²) >= 11 is 1.74. The third-order valence-electron chi connectivity index (χ3n) is 5.01. The Hall–Kier alpha value is -2.53. The monoisotopic (exact) mass is 392 g/mol. The summed E-state index contributed by atoms with van der Waals surface area (Å²) in [6.45, 7) is 1.52. The van der Waals surface area contributed by atoms with Gasteiger partial charge in [-0.1, -0.05) is 36.4 Å². The standard InChI is InChI=1S/C23H24N2O2S/c26-22(13-17-28-20-8-2-1-3-9-20)25-15-11-19(12-16-25)27-21-10-4-6-18-7-5-14-24-23(18)21/h1-10,14,19H,11-13,15-17H2. The lowest BCUT2D eigenvalue weighted by atomic mass is 10.1. The zero-order valence-electron chi connectivity index (χ0n) is 15.8. The summed E-state index contributed by atoms with van der Waals surface area (Å²) in [7, 11) is 0. The average Bonchev–Trinajstić information content (AvgIpc) is 2.75. The minimum Gasteiger partial charge on any atom is -0.488 e. The highest BCUT2D eigenvalue weighted by atomic mass is 32.2. The van der Waals surface area contributed by atoms with Crippen LogP contribution in [0.2, 0.25) is 0 Å². The molecule has 0 saturated carbocycles. The number of amides is 1. The van der Waals surface area contributed by atoms with Crippen molar-refractivity contribution in [1.82, 2.24) is 9.88 Å². The first-order chi connectivity index (χ1) is 13.8. The molecule has 1 aromatic heterocycles. The van der Waals surface area contributed by atoms with Crippen LogP contribution in [0, 0.1) is 0 Å². The van der Waals surface area contributed by atoms with E-state index in [0.29, 0.717) is 6.42 Å².